The van der Waals surface area contributed by atoms with E-state index in [0.717, 1.165) is 89.8 Å². The molecule has 0 aliphatic rings. The Morgan fingerprint density at radius 3 is 0.618 bits per heavy atom. The van der Waals surface area contributed by atoms with Crippen molar-refractivity contribution in [1.82, 2.24) is 0 Å². The molecule has 0 bridgehead atoms. The molecule has 0 aliphatic carbocycles. The third-order valence-corrected chi connectivity index (χ3v) is 12.7. The monoisotopic (exact) mass is 868 g/mol. The van der Waals surface area contributed by atoms with Crippen LogP contribution >= 0.6 is 0 Å². The van der Waals surface area contributed by atoms with Crippen LogP contribution < -0.4 is 9.80 Å². The molecule has 0 spiro atoms. The Morgan fingerprint density at radius 1 is 0.147 bits per heavy atom. The second-order valence-electron chi connectivity index (χ2n) is 16.9. The van der Waals surface area contributed by atoms with Gasteiger partial charge in [0.15, 0.2) is 0 Å². The molecule has 0 aliphatic heterocycles. The summed E-state index contributed by atoms with van der Waals surface area (Å²) >= 11 is 0. The molecule has 11 aromatic rings. The largest absolute Gasteiger partial charge is 0.310 e. The number of rotatable bonds is 12. The summed E-state index contributed by atoms with van der Waals surface area (Å²) in [5, 5.41) is 0. The molecule has 11 aromatic carbocycles. The van der Waals surface area contributed by atoms with Gasteiger partial charge in [-0.3, -0.25) is 0 Å². The van der Waals surface area contributed by atoms with Gasteiger partial charge in [0.25, 0.3) is 0 Å². The highest BCUT2D eigenvalue weighted by Crippen LogP contribution is 2.49. The van der Waals surface area contributed by atoms with Gasteiger partial charge in [0, 0.05) is 34.1 Å². The van der Waals surface area contributed by atoms with Gasteiger partial charge in [0.1, 0.15) is 0 Å². The zero-order valence-electron chi connectivity index (χ0n) is 37.6. The summed E-state index contributed by atoms with van der Waals surface area (Å²) in [5.41, 5.74) is 20.4. The Hall–Kier alpha value is -8.98. The van der Waals surface area contributed by atoms with E-state index in [-0.39, 0.29) is 0 Å². The average molecular weight is 869 g/mol. The van der Waals surface area contributed by atoms with Crippen LogP contribution in [-0.2, 0) is 0 Å². The SMILES string of the molecule is c1ccc(-c2cc(-c3ccc(N(c4ccccc4)c4ccccc4)cc3-c3ccccc3)c(-c3ccc(N(c4ccccc4)c4ccccc4)cc3-c3ccccc3)cc2-c2ccccc2)cc1. The van der Waals surface area contributed by atoms with Crippen LogP contribution in [-0.4, -0.2) is 0 Å². The maximum absolute atomic E-state index is 2.45. The number of hydrogen-bond donors (Lipinski definition) is 0. The van der Waals surface area contributed by atoms with Crippen molar-refractivity contribution in [3.8, 4) is 66.8 Å². The van der Waals surface area contributed by atoms with E-state index in [1.807, 2.05) is 0 Å². The third kappa shape index (κ3) is 8.51. The van der Waals surface area contributed by atoms with Crippen molar-refractivity contribution in [2.75, 3.05) is 9.80 Å². The van der Waals surface area contributed by atoms with Crippen LogP contribution in [0.4, 0.5) is 34.1 Å². The smallest absolute Gasteiger partial charge is 0.0468 e. The van der Waals surface area contributed by atoms with E-state index in [0.29, 0.717) is 0 Å². The van der Waals surface area contributed by atoms with E-state index in [1.54, 1.807) is 0 Å². The second-order valence-corrected chi connectivity index (χ2v) is 16.9. The molecule has 0 radical (unpaired) electrons. The number of anilines is 6. The van der Waals surface area contributed by atoms with Gasteiger partial charge in [-0.15, -0.1) is 0 Å². The zero-order valence-corrected chi connectivity index (χ0v) is 37.6. The summed E-state index contributed by atoms with van der Waals surface area (Å²) < 4.78 is 0. The molecule has 0 fully saturated rings. The molecule has 2 nitrogen and oxygen atoms in total. The van der Waals surface area contributed by atoms with Gasteiger partial charge < -0.3 is 9.80 Å². The second kappa shape index (κ2) is 19.2. The Labute approximate surface area is 400 Å². The molecule has 0 aromatic heterocycles. The molecule has 0 atom stereocenters. The summed E-state index contributed by atoms with van der Waals surface area (Å²) in [5.74, 6) is 0. The molecule has 0 saturated heterocycles. The van der Waals surface area contributed by atoms with Crippen LogP contribution in [0.25, 0.3) is 66.8 Å². The molecule has 0 amide bonds. The van der Waals surface area contributed by atoms with Gasteiger partial charge in [0.2, 0.25) is 0 Å². The minimum atomic E-state index is 1.08. The van der Waals surface area contributed by atoms with Gasteiger partial charge in [-0.1, -0.05) is 206 Å². The molecule has 0 heterocycles. The Balaban J connectivity index is 1.22. The summed E-state index contributed by atoms with van der Waals surface area (Å²) in [4.78, 5) is 4.70. The van der Waals surface area contributed by atoms with Crippen LogP contribution in [0.5, 0.6) is 0 Å². The van der Waals surface area contributed by atoms with Gasteiger partial charge in [-0.25, -0.2) is 0 Å². The average Bonchev–Trinajstić information content (AvgIpc) is 3.43. The highest BCUT2D eigenvalue weighted by atomic mass is 15.1. The summed E-state index contributed by atoms with van der Waals surface area (Å²) in [6.07, 6.45) is 0. The highest BCUT2D eigenvalue weighted by molar-refractivity contribution is 6.03. The maximum Gasteiger partial charge on any atom is 0.0468 e. The van der Waals surface area contributed by atoms with Crippen LogP contribution in [0.15, 0.2) is 291 Å². The molecule has 0 N–H and O–H groups in total. The van der Waals surface area contributed by atoms with E-state index in [4.69, 9.17) is 0 Å². The van der Waals surface area contributed by atoms with Crippen LogP contribution in [0, 0.1) is 0 Å². The van der Waals surface area contributed by atoms with Gasteiger partial charge in [0.05, 0.1) is 0 Å². The molecule has 0 unspecified atom stereocenters. The van der Waals surface area contributed by atoms with Crippen molar-refractivity contribution in [3.05, 3.63) is 291 Å². The Bertz CT molecular complexity index is 3090. The van der Waals surface area contributed by atoms with E-state index < -0.39 is 0 Å². The normalized spacial score (nSPS) is 10.9. The predicted molar refractivity (Wildman–Crippen MR) is 288 cm³/mol. The summed E-state index contributed by atoms with van der Waals surface area (Å²) in [7, 11) is 0. The first-order valence-electron chi connectivity index (χ1n) is 23.3. The number of hydrogen-bond acceptors (Lipinski definition) is 2. The minimum absolute atomic E-state index is 1.08. The first-order valence-corrected chi connectivity index (χ1v) is 23.3. The van der Waals surface area contributed by atoms with Crippen molar-refractivity contribution in [2.45, 2.75) is 0 Å². The maximum atomic E-state index is 2.45. The number of nitrogens with zero attached hydrogens (tertiary/aromatic N) is 2. The predicted octanol–water partition coefficient (Wildman–Crippen LogP) is 18.6. The molecular weight excluding hydrogens is 821 g/mol. The van der Waals surface area contributed by atoms with Crippen LogP contribution in [0.3, 0.4) is 0 Å². The van der Waals surface area contributed by atoms with E-state index >= 15 is 0 Å². The molecule has 322 valence electrons. The highest BCUT2D eigenvalue weighted by Gasteiger charge is 2.24. The van der Waals surface area contributed by atoms with E-state index in [2.05, 4.69) is 301 Å². The molecule has 0 saturated carbocycles. The topological polar surface area (TPSA) is 6.48 Å². The summed E-state index contributed by atoms with van der Waals surface area (Å²) in [6, 6.07) is 105. The standard InChI is InChI=1S/C66H48N2/c1-9-25-49(26-10-1)61-45-57(67(53-33-17-5-18-34-53)54-35-19-6-20-36-54)41-43-59(61)65-47-63(51-29-13-3-14-30-51)64(52-31-15-4-16-32-52)48-66(65)60-44-42-58(46-62(60)50-27-11-2-12-28-50)68(55-37-21-7-22-38-55)56-39-23-8-24-40-56/h1-48H. The van der Waals surface area contributed by atoms with Crippen LogP contribution in [0.1, 0.15) is 0 Å². The van der Waals surface area contributed by atoms with Gasteiger partial charge >= 0.3 is 0 Å². The van der Waals surface area contributed by atoms with Crippen LogP contribution in [0.2, 0.25) is 0 Å². The third-order valence-electron chi connectivity index (χ3n) is 12.7. The molecule has 11 rings (SSSR count). The van der Waals surface area contributed by atoms with Crippen molar-refractivity contribution in [1.29, 1.82) is 0 Å². The number of para-hydroxylation sites is 4. The van der Waals surface area contributed by atoms with Crippen molar-refractivity contribution >= 4 is 34.1 Å². The Kier molecular flexibility index (Phi) is 11.8. The number of benzene rings is 11. The lowest BCUT2D eigenvalue weighted by molar-refractivity contribution is 1.28. The minimum Gasteiger partial charge on any atom is -0.310 e. The molecule has 68 heavy (non-hydrogen) atoms. The van der Waals surface area contributed by atoms with E-state index in [9.17, 15) is 0 Å². The molecular formula is C66H48N2. The van der Waals surface area contributed by atoms with E-state index in [1.165, 1.54) is 11.1 Å². The fourth-order valence-corrected chi connectivity index (χ4v) is 9.49. The lowest BCUT2D eigenvalue weighted by Crippen LogP contribution is -2.10. The first kappa shape index (κ1) is 41.7. The first-order chi connectivity index (χ1) is 33.8. The fraction of sp³-hybridized carbons (Fsp3) is 0. The lowest BCUT2D eigenvalue weighted by atomic mass is 9.81. The fourth-order valence-electron chi connectivity index (χ4n) is 9.49. The van der Waals surface area contributed by atoms with Crippen molar-refractivity contribution < 1.29 is 0 Å². The Morgan fingerprint density at radius 2 is 0.368 bits per heavy atom. The zero-order chi connectivity index (χ0) is 45.5. The summed E-state index contributed by atoms with van der Waals surface area (Å²) in [6.45, 7) is 0. The molecule has 2 heteroatoms. The van der Waals surface area contributed by atoms with Gasteiger partial charge in [-0.05, 0) is 152 Å². The van der Waals surface area contributed by atoms with Gasteiger partial charge in [-0.2, -0.15) is 0 Å². The van der Waals surface area contributed by atoms with Crippen molar-refractivity contribution in [3.63, 3.8) is 0 Å². The van der Waals surface area contributed by atoms with Crippen molar-refractivity contribution in [2.24, 2.45) is 0 Å². The quantitative estimate of drug-likeness (QED) is 0.121. The lowest BCUT2D eigenvalue weighted by Gasteiger charge is -2.28.